The molecule has 24 heavy (non-hydrogen) atoms. The van der Waals surface area contributed by atoms with Crippen molar-refractivity contribution in [2.24, 2.45) is 5.73 Å². The first-order valence-electron chi connectivity index (χ1n) is 7.44. The molecule has 0 aliphatic heterocycles. The zero-order valence-electron chi connectivity index (χ0n) is 12.7. The lowest BCUT2D eigenvalue weighted by Crippen LogP contribution is -2.11. The quantitative estimate of drug-likeness (QED) is 0.519. The maximum absolute atomic E-state index is 9.85. The van der Waals surface area contributed by atoms with Gasteiger partial charge in [-0.2, -0.15) is 10.2 Å². The van der Waals surface area contributed by atoms with Crippen molar-refractivity contribution in [3.8, 4) is 17.1 Å². The number of hydrogen-bond donors (Lipinski definition) is 3. The van der Waals surface area contributed by atoms with Crippen LogP contribution < -0.4 is 5.73 Å². The Balaban J connectivity index is 1.78. The lowest BCUT2D eigenvalue weighted by Gasteiger charge is -2.08. The minimum atomic E-state index is -0.722. The van der Waals surface area contributed by atoms with Crippen molar-refractivity contribution in [1.82, 2.24) is 29.9 Å². The molecule has 1 atom stereocenters. The Hall–Kier alpha value is -3.10. The number of nitrogens with two attached hydrogens (primary N) is 1. The molecule has 0 aliphatic rings. The van der Waals surface area contributed by atoms with Gasteiger partial charge in [0.2, 0.25) is 0 Å². The third-order valence-corrected chi connectivity index (χ3v) is 3.82. The van der Waals surface area contributed by atoms with Crippen molar-refractivity contribution >= 4 is 11.0 Å². The number of aliphatic hydroxyl groups is 1. The molecule has 4 N–H and O–H groups in total. The number of aliphatic hydroxyl groups excluding tert-OH is 1. The van der Waals surface area contributed by atoms with Crippen LogP contribution in [0.25, 0.3) is 28.1 Å². The van der Waals surface area contributed by atoms with Gasteiger partial charge in [0.1, 0.15) is 6.33 Å². The van der Waals surface area contributed by atoms with Crippen molar-refractivity contribution in [3.05, 3.63) is 54.6 Å². The number of fused-ring (bicyclic) bond motifs is 1. The third kappa shape index (κ3) is 2.43. The first kappa shape index (κ1) is 14.5. The zero-order valence-corrected chi connectivity index (χ0v) is 12.7. The Labute approximate surface area is 137 Å². The molecule has 0 aliphatic carbocycles. The van der Waals surface area contributed by atoms with Crippen molar-refractivity contribution < 1.29 is 5.11 Å². The van der Waals surface area contributed by atoms with Crippen molar-refractivity contribution in [2.45, 2.75) is 6.10 Å². The molecule has 3 heterocycles. The van der Waals surface area contributed by atoms with Crippen molar-refractivity contribution in [1.29, 1.82) is 0 Å². The maximum atomic E-state index is 9.85. The van der Waals surface area contributed by atoms with Gasteiger partial charge in [-0.3, -0.25) is 5.10 Å². The largest absolute Gasteiger partial charge is 0.387 e. The second-order valence-corrected chi connectivity index (χ2v) is 5.37. The number of nitrogens with zero attached hydrogens (tertiary/aromatic N) is 5. The normalized spacial score (nSPS) is 12.6. The number of pyridine rings is 1. The van der Waals surface area contributed by atoms with E-state index < -0.39 is 6.10 Å². The Morgan fingerprint density at radius 3 is 2.92 bits per heavy atom. The Morgan fingerprint density at radius 2 is 2.12 bits per heavy atom. The Bertz CT molecular complexity index is 977. The fourth-order valence-corrected chi connectivity index (χ4v) is 2.57. The number of aromatic nitrogens is 6. The second-order valence-electron chi connectivity index (χ2n) is 5.37. The molecular formula is C16H15N7O. The van der Waals surface area contributed by atoms with Gasteiger partial charge in [-0.25, -0.2) is 14.6 Å². The zero-order chi connectivity index (χ0) is 16.5. The standard InChI is InChI=1S/C16H15N7O/c17-6-14(24)11-4-12-8-21-23(16(12)18-7-11)13-3-1-2-10(5-13)15-19-9-20-22-15/h1-5,7-9,14,24H,6,17H2,(H,19,20,22). The van der Waals surface area contributed by atoms with Gasteiger partial charge in [-0.05, 0) is 18.2 Å². The van der Waals surface area contributed by atoms with Crippen LogP contribution in [-0.4, -0.2) is 41.6 Å². The van der Waals surface area contributed by atoms with Gasteiger partial charge < -0.3 is 10.8 Å². The van der Waals surface area contributed by atoms with E-state index in [2.05, 4.69) is 25.3 Å². The summed E-state index contributed by atoms with van der Waals surface area (Å²) in [4.78, 5) is 8.59. The molecule has 0 saturated carbocycles. The number of H-pyrrole nitrogens is 1. The lowest BCUT2D eigenvalue weighted by atomic mass is 10.1. The van der Waals surface area contributed by atoms with Crippen molar-refractivity contribution in [3.63, 3.8) is 0 Å². The Morgan fingerprint density at radius 1 is 1.21 bits per heavy atom. The topological polar surface area (TPSA) is 119 Å². The Kier molecular flexibility index (Phi) is 3.52. The van der Waals surface area contributed by atoms with E-state index >= 15 is 0 Å². The molecule has 1 unspecified atom stereocenters. The maximum Gasteiger partial charge on any atom is 0.162 e. The molecule has 0 saturated heterocycles. The number of aromatic amines is 1. The number of nitrogens with one attached hydrogen (secondary N) is 1. The number of benzene rings is 1. The minimum Gasteiger partial charge on any atom is -0.387 e. The number of rotatable bonds is 4. The summed E-state index contributed by atoms with van der Waals surface area (Å²) in [5.41, 5.74) is 8.65. The van der Waals surface area contributed by atoms with Crippen LogP contribution in [0.1, 0.15) is 11.7 Å². The van der Waals surface area contributed by atoms with Gasteiger partial charge >= 0.3 is 0 Å². The van der Waals surface area contributed by atoms with Gasteiger partial charge in [-0.1, -0.05) is 12.1 Å². The lowest BCUT2D eigenvalue weighted by molar-refractivity contribution is 0.186. The van der Waals surface area contributed by atoms with Gasteiger partial charge in [0, 0.05) is 29.3 Å². The molecule has 3 aromatic heterocycles. The predicted molar refractivity (Wildman–Crippen MR) is 88.3 cm³/mol. The smallest absolute Gasteiger partial charge is 0.162 e. The molecule has 8 nitrogen and oxygen atoms in total. The fourth-order valence-electron chi connectivity index (χ4n) is 2.57. The van der Waals surface area contributed by atoms with E-state index in [4.69, 9.17) is 5.73 Å². The molecule has 8 heteroatoms. The van der Waals surface area contributed by atoms with Crippen LogP contribution in [0.15, 0.2) is 49.1 Å². The van der Waals surface area contributed by atoms with Crippen LogP contribution in [0.3, 0.4) is 0 Å². The highest BCUT2D eigenvalue weighted by Crippen LogP contribution is 2.23. The van der Waals surface area contributed by atoms with E-state index in [1.807, 2.05) is 30.3 Å². The first-order valence-corrected chi connectivity index (χ1v) is 7.44. The summed E-state index contributed by atoms with van der Waals surface area (Å²) in [5.74, 6) is 0.689. The summed E-state index contributed by atoms with van der Waals surface area (Å²) in [6, 6.07) is 9.61. The van der Waals surface area contributed by atoms with Crippen LogP contribution in [0.5, 0.6) is 0 Å². The van der Waals surface area contributed by atoms with E-state index in [0.717, 1.165) is 16.6 Å². The second kappa shape index (κ2) is 5.84. The van der Waals surface area contributed by atoms with E-state index in [-0.39, 0.29) is 6.54 Å². The molecule has 1 aromatic carbocycles. The molecule has 0 spiro atoms. The van der Waals surface area contributed by atoms with E-state index in [0.29, 0.717) is 17.0 Å². The number of hydrogen-bond acceptors (Lipinski definition) is 6. The van der Waals surface area contributed by atoms with Crippen molar-refractivity contribution in [2.75, 3.05) is 6.54 Å². The molecular weight excluding hydrogens is 306 g/mol. The highest BCUT2D eigenvalue weighted by atomic mass is 16.3. The fraction of sp³-hybridized carbons (Fsp3) is 0.125. The predicted octanol–water partition coefficient (Wildman–Crippen LogP) is 1.20. The molecule has 0 amide bonds. The van der Waals surface area contributed by atoms with Gasteiger partial charge in [0.05, 0.1) is 18.0 Å². The molecule has 120 valence electrons. The summed E-state index contributed by atoms with van der Waals surface area (Å²) in [5, 5.41) is 21.8. The van der Waals surface area contributed by atoms with Gasteiger partial charge in [-0.15, -0.1) is 0 Å². The average molecular weight is 321 g/mol. The van der Waals surface area contributed by atoms with E-state index in [1.54, 1.807) is 17.1 Å². The molecule has 0 fully saturated rings. The third-order valence-electron chi connectivity index (χ3n) is 3.82. The van der Waals surface area contributed by atoms with Gasteiger partial charge in [0.25, 0.3) is 0 Å². The van der Waals surface area contributed by atoms with E-state index in [1.165, 1.54) is 6.33 Å². The summed E-state index contributed by atoms with van der Waals surface area (Å²) in [6.45, 7) is 0.153. The molecule has 4 aromatic rings. The highest BCUT2D eigenvalue weighted by Gasteiger charge is 2.12. The highest BCUT2D eigenvalue weighted by molar-refractivity contribution is 5.77. The SMILES string of the molecule is NCC(O)c1cnc2c(cnn2-c2cccc(-c3ncn[nH]3)c2)c1. The molecule has 0 bridgehead atoms. The summed E-state index contributed by atoms with van der Waals surface area (Å²) in [6.07, 6.45) is 4.09. The van der Waals surface area contributed by atoms with Crippen LogP contribution in [0.2, 0.25) is 0 Å². The summed E-state index contributed by atoms with van der Waals surface area (Å²) < 4.78 is 1.74. The summed E-state index contributed by atoms with van der Waals surface area (Å²) in [7, 11) is 0. The summed E-state index contributed by atoms with van der Waals surface area (Å²) >= 11 is 0. The van der Waals surface area contributed by atoms with Crippen LogP contribution in [0, 0.1) is 0 Å². The minimum absolute atomic E-state index is 0.153. The van der Waals surface area contributed by atoms with Crippen LogP contribution in [-0.2, 0) is 0 Å². The average Bonchev–Trinajstić information content (AvgIpc) is 3.30. The van der Waals surface area contributed by atoms with Crippen LogP contribution >= 0.6 is 0 Å². The van der Waals surface area contributed by atoms with E-state index in [9.17, 15) is 5.11 Å². The van der Waals surface area contributed by atoms with Gasteiger partial charge in [0.15, 0.2) is 11.5 Å². The monoisotopic (exact) mass is 321 g/mol. The molecule has 0 radical (unpaired) electrons. The molecule has 4 rings (SSSR count). The first-order chi connectivity index (χ1) is 11.8. The van der Waals surface area contributed by atoms with Crippen LogP contribution in [0.4, 0.5) is 0 Å².